The van der Waals surface area contributed by atoms with Crippen LogP contribution in [0.5, 0.6) is 17.2 Å². The van der Waals surface area contributed by atoms with Gasteiger partial charge in [0.15, 0.2) is 6.61 Å². The molecule has 3 aromatic rings. The van der Waals surface area contributed by atoms with Gasteiger partial charge in [-0.15, -0.1) is 0 Å². The summed E-state index contributed by atoms with van der Waals surface area (Å²) >= 11 is 0. The van der Waals surface area contributed by atoms with E-state index in [0.717, 1.165) is 24.6 Å². The van der Waals surface area contributed by atoms with Crippen LogP contribution in [0.3, 0.4) is 0 Å². The number of nitrogens with zero attached hydrogens (tertiary/aromatic N) is 1. The number of benzene rings is 2. The molecule has 2 heterocycles. The van der Waals surface area contributed by atoms with E-state index in [-0.39, 0.29) is 18.6 Å². The first kappa shape index (κ1) is 20.0. The number of furan rings is 1. The van der Waals surface area contributed by atoms with Gasteiger partial charge in [-0.1, -0.05) is 18.2 Å². The highest BCUT2D eigenvalue weighted by Gasteiger charge is 2.25. The third-order valence-electron chi connectivity index (χ3n) is 5.12. The molecule has 0 bridgehead atoms. The number of hydrogen-bond acceptors (Lipinski definition) is 5. The maximum Gasteiger partial charge on any atom is 0.258 e. The van der Waals surface area contributed by atoms with E-state index >= 15 is 0 Å². The average molecular weight is 406 g/mol. The first-order valence-corrected chi connectivity index (χ1v) is 10.3. The Morgan fingerprint density at radius 2 is 1.63 bits per heavy atom. The van der Waals surface area contributed by atoms with Crippen molar-refractivity contribution in [1.29, 1.82) is 0 Å². The molecule has 0 aliphatic carbocycles. The number of carbonyl (C=O) groups is 1. The standard InChI is InChI=1S/C24H26N2O4/c27-24(25-17-22(23-9-6-16-28-23)26-14-4-5-15-26)18-29-19-10-12-21(13-11-19)30-20-7-2-1-3-8-20/h1-3,6-13,16,22H,4-5,14-15,17-18H2,(H,25,27). The zero-order chi connectivity index (χ0) is 20.6. The van der Waals surface area contributed by atoms with Gasteiger partial charge >= 0.3 is 0 Å². The van der Waals surface area contributed by atoms with Crippen LogP contribution in [0.2, 0.25) is 0 Å². The molecule has 6 nitrogen and oxygen atoms in total. The number of ether oxygens (including phenoxy) is 2. The van der Waals surface area contributed by atoms with Crippen LogP contribution in [0.1, 0.15) is 24.6 Å². The predicted octanol–water partition coefficient (Wildman–Crippen LogP) is 4.40. The lowest BCUT2D eigenvalue weighted by Crippen LogP contribution is -2.38. The van der Waals surface area contributed by atoms with E-state index in [0.29, 0.717) is 18.0 Å². The van der Waals surface area contributed by atoms with E-state index in [1.807, 2.05) is 54.6 Å². The number of nitrogens with one attached hydrogen (secondary N) is 1. The summed E-state index contributed by atoms with van der Waals surface area (Å²) in [7, 11) is 0. The van der Waals surface area contributed by atoms with Crippen molar-refractivity contribution in [1.82, 2.24) is 10.2 Å². The van der Waals surface area contributed by atoms with Gasteiger partial charge in [-0.3, -0.25) is 9.69 Å². The van der Waals surface area contributed by atoms with Crippen LogP contribution in [0.4, 0.5) is 0 Å². The highest BCUT2D eigenvalue weighted by Crippen LogP contribution is 2.25. The summed E-state index contributed by atoms with van der Waals surface area (Å²) in [6.45, 7) is 2.51. The Morgan fingerprint density at radius 1 is 0.933 bits per heavy atom. The van der Waals surface area contributed by atoms with Crippen molar-refractivity contribution < 1.29 is 18.7 Å². The molecule has 1 aliphatic heterocycles. The molecule has 1 amide bonds. The SMILES string of the molecule is O=C(COc1ccc(Oc2ccccc2)cc1)NCC(c1ccco1)N1CCCC1. The number of amides is 1. The van der Waals surface area contributed by atoms with Crippen molar-refractivity contribution >= 4 is 5.91 Å². The number of carbonyl (C=O) groups excluding carboxylic acids is 1. The molecule has 1 aliphatic rings. The molecule has 1 atom stereocenters. The van der Waals surface area contributed by atoms with E-state index in [4.69, 9.17) is 13.9 Å². The zero-order valence-corrected chi connectivity index (χ0v) is 16.8. The summed E-state index contributed by atoms with van der Waals surface area (Å²) in [4.78, 5) is 14.7. The van der Waals surface area contributed by atoms with Crippen LogP contribution in [0, 0.1) is 0 Å². The second kappa shape index (κ2) is 9.98. The molecule has 1 saturated heterocycles. The molecule has 156 valence electrons. The highest BCUT2D eigenvalue weighted by atomic mass is 16.5. The van der Waals surface area contributed by atoms with Gasteiger partial charge < -0.3 is 19.2 Å². The predicted molar refractivity (Wildman–Crippen MR) is 114 cm³/mol. The highest BCUT2D eigenvalue weighted by molar-refractivity contribution is 5.77. The van der Waals surface area contributed by atoms with Gasteiger partial charge in [0.1, 0.15) is 23.0 Å². The average Bonchev–Trinajstić information content (AvgIpc) is 3.49. The topological polar surface area (TPSA) is 63.9 Å². The van der Waals surface area contributed by atoms with Gasteiger partial charge in [0.25, 0.3) is 5.91 Å². The molecule has 1 unspecified atom stereocenters. The summed E-state index contributed by atoms with van der Waals surface area (Å²) in [5.74, 6) is 2.83. The fraction of sp³-hybridized carbons (Fsp3) is 0.292. The van der Waals surface area contributed by atoms with Gasteiger partial charge in [0, 0.05) is 6.54 Å². The molecular weight excluding hydrogens is 380 g/mol. The van der Waals surface area contributed by atoms with Crippen molar-refractivity contribution in [2.45, 2.75) is 18.9 Å². The normalized spacial score (nSPS) is 14.9. The molecule has 1 fully saturated rings. The minimum Gasteiger partial charge on any atom is -0.484 e. The van der Waals surface area contributed by atoms with Crippen LogP contribution in [0.25, 0.3) is 0 Å². The molecule has 1 aromatic heterocycles. The molecule has 0 radical (unpaired) electrons. The van der Waals surface area contributed by atoms with E-state index < -0.39 is 0 Å². The molecule has 1 N–H and O–H groups in total. The Kier molecular flexibility index (Phi) is 6.67. The largest absolute Gasteiger partial charge is 0.484 e. The Balaban J connectivity index is 1.25. The van der Waals surface area contributed by atoms with E-state index in [9.17, 15) is 4.79 Å². The van der Waals surface area contributed by atoms with Crippen LogP contribution in [-0.2, 0) is 4.79 Å². The first-order chi connectivity index (χ1) is 14.8. The summed E-state index contributed by atoms with van der Waals surface area (Å²) in [6, 6.07) is 20.7. The lowest BCUT2D eigenvalue weighted by molar-refractivity contribution is -0.123. The van der Waals surface area contributed by atoms with Crippen molar-refractivity contribution in [3.63, 3.8) is 0 Å². The smallest absolute Gasteiger partial charge is 0.258 e. The van der Waals surface area contributed by atoms with Gasteiger partial charge in [-0.2, -0.15) is 0 Å². The van der Waals surface area contributed by atoms with Crippen molar-refractivity contribution in [3.05, 3.63) is 78.8 Å². The van der Waals surface area contributed by atoms with Crippen molar-refractivity contribution in [3.8, 4) is 17.2 Å². The molecule has 6 heteroatoms. The second-order valence-corrected chi connectivity index (χ2v) is 7.25. The summed E-state index contributed by atoms with van der Waals surface area (Å²) in [5.41, 5.74) is 0. The van der Waals surface area contributed by atoms with Gasteiger partial charge in [0.05, 0.1) is 12.3 Å². The number of rotatable bonds is 9. The third-order valence-corrected chi connectivity index (χ3v) is 5.12. The number of likely N-dealkylation sites (tertiary alicyclic amines) is 1. The Bertz CT molecular complexity index is 904. The number of para-hydroxylation sites is 1. The fourth-order valence-corrected chi connectivity index (χ4v) is 3.58. The lowest BCUT2D eigenvalue weighted by atomic mass is 10.2. The van der Waals surface area contributed by atoms with Crippen molar-refractivity contribution in [2.24, 2.45) is 0 Å². The van der Waals surface area contributed by atoms with E-state index in [1.54, 1.807) is 18.4 Å². The summed E-state index contributed by atoms with van der Waals surface area (Å²) < 4.78 is 17.0. The Labute approximate surface area is 176 Å². The van der Waals surface area contributed by atoms with E-state index in [2.05, 4.69) is 10.2 Å². The van der Waals surface area contributed by atoms with Crippen LogP contribution in [0.15, 0.2) is 77.4 Å². The fourth-order valence-electron chi connectivity index (χ4n) is 3.58. The number of hydrogen-bond donors (Lipinski definition) is 1. The third kappa shape index (κ3) is 5.42. The minimum absolute atomic E-state index is 0.0379. The molecule has 0 saturated carbocycles. The minimum atomic E-state index is -0.157. The van der Waals surface area contributed by atoms with Gasteiger partial charge in [0.2, 0.25) is 0 Å². The van der Waals surface area contributed by atoms with Crippen LogP contribution >= 0.6 is 0 Å². The Hall–Kier alpha value is -3.25. The summed E-state index contributed by atoms with van der Waals surface area (Å²) in [5, 5.41) is 2.97. The lowest BCUT2D eigenvalue weighted by Gasteiger charge is -2.26. The molecule has 0 spiro atoms. The molecule has 4 rings (SSSR count). The van der Waals surface area contributed by atoms with Crippen LogP contribution in [-0.4, -0.2) is 37.0 Å². The quantitative estimate of drug-likeness (QED) is 0.570. The first-order valence-electron chi connectivity index (χ1n) is 10.3. The summed E-state index contributed by atoms with van der Waals surface area (Å²) in [6.07, 6.45) is 4.03. The van der Waals surface area contributed by atoms with Crippen LogP contribution < -0.4 is 14.8 Å². The Morgan fingerprint density at radius 3 is 2.33 bits per heavy atom. The van der Waals surface area contributed by atoms with E-state index in [1.165, 1.54) is 12.8 Å². The molecule has 2 aromatic carbocycles. The van der Waals surface area contributed by atoms with Gasteiger partial charge in [-0.25, -0.2) is 0 Å². The molecular formula is C24H26N2O4. The zero-order valence-electron chi connectivity index (χ0n) is 16.8. The second-order valence-electron chi connectivity index (χ2n) is 7.25. The maximum atomic E-state index is 12.3. The molecule has 30 heavy (non-hydrogen) atoms. The monoisotopic (exact) mass is 406 g/mol. The maximum absolute atomic E-state index is 12.3. The van der Waals surface area contributed by atoms with Crippen molar-refractivity contribution in [2.75, 3.05) is 26.2 Å². The van der Waals surface area contributed by atoms with Gasteiger partial charge in [-0.05, 0) is 74.5 Å².